The van der Waals surface area contributed by atoms with Gasteiger partial charge in [-0.25, -0.2) is 0 Å². The van der Waals surface area contributed by atoms with E-state index in [0.29, 0.717) is 6.42 Å². The molecule has 0 aliphatic rings. The molecule has 0 fully saturated rings. The van der Waals surface area contributed by atoms with E-state index in [-0.39, 0.29) is 9.86 Å². The molecule has 88 valence electrons. The largest absolute Gasteiger partial charge is 0.287 e. The molecule has 0 spiro atoms. The number of thioether (sulfide) groups is 2. The van der Waals surface area contributed by atoms with Gasteiger partial charge in [0.25, 0.3) is 0 Å². The minimum atomic E-state index is 0.0362. The van der Waals surface area contributed by atoms with Crippen molar-refractivity contribution in [3.8, 4) is 0 Å². The smallest absolute Gasteiger partial charge is 0.190 e. The Kier molecular flexibility index (Phi) is 5.42. The zero-order valence-electron chi connectivity index (χ0n) is 10.0. The molecule has 1 aromatic rings. The fourth-order valence-electron chi connectivity index (χ4n) is 1.16. The third-order valence-corrected chi connectivity index (χ3v) is 3.80. The highest BCUT2D eigenvalue weighted by Crippen LogP contribution is 2.26. The summed E-state index contributed by atoms with van der Waals surface area (Å²) in [6.45, 7) is 6.21. The van der Waals surface area contributed by atoms with Crippen molar-refractivity contribution in [3.63, 3.8) is 0 Å². The lowest BCUT2D eigenvalue weighted by atomic mass is 10.3. The predicted octanol–water partition coefficient (Wildman–Crippen LogP) is 4.23. The van der Waals surface area contributed by atoms with Crippen LogP contribution in [-0.2, 0) is 4.79 Å². The van der Waals surface area contributed by atoms with Gasteiger partial charge < -0.3 is 0 Å². The number of rotatable bonds is 4. The van der Waals surface area contributed by atoms with E-state index in [1.54, 1.807) is 11.8 Å². The summed E-state index contributed by atoms with van der Waals surface area (Å²) in [6, 6.07) is 10.2. The van der Waals surface area contributed by atoms with Crippen LogP contribution in [0.4, 0.5) is 0 Å². The normalized spacial score (nSPS) is 11.4. The van der Waals surface area contributed by atoms with Gasteiger partial charge in [-0.1, -0.05) is 50.7 Å². The van der Waals surface area contributed by atoms with E-state index in [9.17, 15) is 4.79 Å². The van der Waals surface area contributed by atoms with Crippen molar-refractivity contribution < 1.29 is 4.79 Å². The van der Waals surface area contributed by atoms with Crippen LogP contribution in [0, 0.1) is 0 Å². The number of hydrogen-bond acceptors (Lipinski definition) is 3. The minimum Gasteiger partial charge on any atom is -0.287 e. The van der Waals surface area contributed by atoms with Crippen molar-refractivity contribution in [3.05, 3.63) is 30.3 Å². The second-order valence-electron chi connectivity index (χ2n) is 4.50. The first-order valence-corrected chi connectivity index (χ1v) is 7.17. The maximum Gasteiger partial charge on any atom is 0.190 e. The number of carbonyl (C=O) groups is 1. The highest BCUT2D eigenvalue weighted by Gasteiger charge is 2.16. The molecule has 1 aromatic carbocycles. The highest BCUT2D eigenvalue weighted by atomic mass is 32.2. The van der Waals surface area contributed by atoms with E-state index in [1.807, 2.05) is 18.2 Å². The molecule has 0 radical (unpaired) electrons. The van der Waals surface area contributed by atoms with Gasteiger partial charge in [-0.05, 0) is 12.1 Å². The fourth-order valence-corrected chi connectivity index (χ4v) is 3.05. The number of carbonyl (C=O) groups excluding carboxylic acids is 1. The van der Waals surface area contributed by atoms with Crippen molar-refractivity contribution in [2.75, 3.05) is 5.75 Å². The van der Waals surface area contributed by atoms with E-state index in [0.717, 1.165) is 5.75 Å². The molecule has 0 heterocycles. The van der Waals surface area contributed by atoms with E-state index in [4.69, 9.17) is 0 Å². The zero-order chi connectivity index (χ0) is 12.0. The van der Waals surface area contributed by atoms with Crippen molar-refractivity contribution in [2.45, 2.75) is 36.8 Å². The zero-order valence-corrected chi connectivity index (χ0v) is 11.7. The van der Waals surface area contributed by atoms with Gasteiger partial charge in [-0.2, -0.15) is 0 Å². The summed E-state index contributed by atoms with van der Waals surface area (Å²) >= 11 is 3.18. The fraction of sp³-hybridized carbons (Fsp3) is 0.462. The number of hydrogen-bond donors (Lipinski definition) is 0. The Morgan fingerprint density at radius 2 is 1.81 bits per heavy atom. The van der Waals surface area contributed by atoms with Gasteiger partial charge in [0.2, 0.25) is 0 Å². The summed E-state index contributed by atoms with van der Waals surface area (Å²) in [5, 5.41) is 0.288. The molecule has 0 aliphatic carbocycles. The highest BCUT2D eigenvalue weighted by molar-refractivity contribution is 8.14. The molecule has 0 saturated heterocycles. The Morgan fingerprint density at radius 1 is 1.19 bits per heavy atom. The standard InChI is InChI=1S/C13H18OS2/c1-13(2,3)16-12(14)9-10-15-11-7-5-4-6-8-11/h4-8H,9-10H2,1-3H3. The van der Waals surface area contributed by atoms with Crippen LogP contribution in [0.5, 0.6) is 0 Å². The third kappa shape index (κ3) is 6.23. The van der Waals surface area contributed by atoms with Crippen molar-refractivity contribution in [2.24, 2.45) is 0 Å². The van der Waals surface area contributed by atoms with Crippen LogP contribution < -0.4 is 0 Å². The first-order valence-electron chi connectivity index (χ1n) is 5.37. The molecule has 0 bridgehead atoms. The van der Waals surface area contributed by atoms with Crippen LogP contribution in [0.15, 0.2) is 35.2 Å². The summed E-state index contributed by atoms with van der Waals surface area (Å²) in [5.41, 5.74) is 0. The van der Waals surface area contributed by atoms with Gasteiger partial charge in [0.1, 0.15) is 0 Å². The van der Waals surface area contributed by atoms with Crippen molar-refractivity contribution in [1.29, 1.82) is 0 Å². The second-order valence-corrected chi connectivity index (χ2v) is 7.55. The lowest BCUT2D eigenvalue weighted by Gasteiger charge is -2.15. The third-order valence-electron chi connectivity index (χ3n) is 1.74. The number of benzene rings is 1. The molecule has 3 heteroatoms. The van der Waals surface area contributed by atoms with Crippen molar-refractivity contribution >= 4 is 28.6 Å². The summed E-state index contributed by atoms with van der Waals surface area (Å²) < 4.78 is 0.0362. The average molecular weight is 254 g/mol. The molecule has 16 heavy (non-hydrogen) atoms. The molecule has 1 nitrogen and oxygen atoms in total. The summed E-state index contributed by atoms with van der Waals surface area (Å²) in [7, 11) is 0. The van der Waals surface area contributed by atoms with Crippen LogP contribution >= 0.6 is 23.5 Å². The first kappa shape index (κ1) is 13.7. The average Bonchev–Trinajstić information content (AvgIpc) is 2.16. The van der Waals surface area contributed by atoms with Crippen LogP contribution in [0.1, 0.15) is 27.2 Å². The Labute approximate surface area is 106 Å². The molecular formula is C13H18OS2. The summed E-state index contributed by atoms with van der Waals surface area (Å²) in [4.78, 5) is 12.8. The van der Waals surface area contributed by atoms with Crippen LogP contribution in [0.2, 0.25) is 0 Å². The van der Waals surface area contributed by atoms with E-state index >= 15 is 0 Å². The molecular weight excluding hydrogens is 236 g/mol. The lowest BCUT2D eigenvalue weighted by molar-refractivity contribution is -0.110. The van der Waals surface area contributed by atoms with Gasteiger partial charge in [0.05, 0.1) is 0 Å². The Balaban J connectivity index is 2.24. The molecule has 0 atom stereocenters. The topological polar surface area (TPSA) is 17.1 Å². The predicted molar refractivity (Wildman–Crippen MR) is 74.1 cm³/mol. The second kappa shape index (κ2) is 6.36. The molecule has 0 aromatic heterocycles. The lowest BCUT2D eigenvalue weighted by Crippen LogP contribution is -2.12. The Morgan fingerprint density at radius 3 is 2.38 bits per heavy atom. The van der Waals surface area contributed by atoms with Gasteiger partial charge in [0.15, 0.2) is 5.12 Å². The molecule has 0 aliphatic heterocycles. The van der Waals surface area contributed by atoms with Crippen LogP contribution in [-0.4, -0.2) is 15.6 Å². The Hall–Kier alpha value is -0.410. The maximum absolute atomic E-state index is 11.6. The van der Waals surface area contributed by atoms with Crippen LogP contribution in [0.3, 0.4) is 0 Å². The molecule has 1 rings (SSSR count). The monoisotopic (exact) mass is 254 g/mol. The van der Waals surface area contributed by atoms with E-state index < -0.39 is 0 Å². The van der Waals surface area contributed by atoms with E-state index in [1.165, 1.54) is 16.7 Å². The quantitative estimate of drug-likeness (QED) is 0.749. The molecule has 0 unspecified atom stereocenters. The minimum absolute atomic E-state index is 0.0362. The van der Waals surface area contributed by atoms with E-state index in [2.05, 4.69) is 32.9 Å². The van der Waals surface area contributed by atoms with Crippen LogP contribution in [0.25, 0.3) is 0 Å². The van der Waals surface area contributed by atoms with Gasteiger partial charge in [-0.3, -0.25) is 4.79 Å². The molecule has 0 saturated carbocycles. The van der Waals surface area contributed by atoms with Gasteiger partial charge in [-0.15, -0.1) is 11.8 Å². The Bertz CT molecular complexity index is 328. The molecule has 0 amide bonds. The summed E-state index contributed by atoms with van der Waals surface area (Å²) in [6.07, 6.45) is 0.640. The van der Waals surface area contributed by atoms with Gasteiger partial charge in [0, 0.05) is 21.8 Å². The SMILES string of the molecule is CC(C)(C)SC(=O)CCSc1ccccc1. The molecule has 0 N–H and O–H groups in total. The maximum atomic E-state index is 11.6. The summed E-state index contributed by atoms with van der Waals surface area (Å²) in [5.74, 6) is 0.867. The first-order chi connectivity index (χ1) is 7.47. The van der Waals surface area contributed by atoms with Crippen molar-refractivity contribution in [1.82, 2.24) is 0 Å². The van der Waals surface area contributed by atoms with Gasteiger partial charge >= 0.3 is 0 Å².